The molecule has 6 nitrogen and oxygen atoms in total. The molecule has 0 aromatic carbocycles. The monoisotopic (exact) mass is 275 g/mol. The van der Waals surface area contributed by atoms with Crippen LogP contribution >= 0.6 is 0 Å². The summed E-state index contributed by atoms with van der Waals surface area (Å²) in [4.78, 5) is 17.5. The molecule has 1 aromatic heterocycles. The summed E-state index contributed by atoms with van der Waals surface area (Å²) in [7, 11) is 1.52. The quantitative estimate of drug-likeness (QED) is 0.818. The fourth-order valence-electron chi connectivity index (χ4n) is 2.12. The number of carbonyl (C=O) groups is 1. The lowest BCUT2D eigenvalue weighted by Crippen LogP contribution is -2.43. The zero-order chi connectivity index (χ0) is 14.4. The minimum absolute atomic E-state index is 0.0162. The summed E-state index contributed by atoms with van der Waals surface area (Å²) < 4.78 is 10.6. The molecular weight excluding hydrogens is 258 g/mol. The molecule has 2 rings (SSSR count). The number of rotatable bonds is 4. The average Bonchev–Trinajstić information content (AvgIpc) is 2.49. The van der Waals surface area contributed by atoms with Gasteiger partial charge in [-0.25, -0.2) is 4.98 Å². The molecule has 0 radical (unpaired) electrons. The van der Waals surface area contributed by atoms with Gasteiger partial charge in [0, 0.05) is 45.3 Å². The van der Waals surface area contributed by atoms with E-state index in [0.717, 1.165) is 12.8 Å². The molecule has 0 unspecified atom stereocenters. The number of amides is 1. The van der Waals surface area contributed by atoms with Gasteiger partial charge in [-0.3, -0.25) is 4.79 Å². The van der Waals surface area contributed by atoms with Gasteiger partial charge in [0.25, 0.3) is 0 Å². The number of piperidine rings is 1. The molecule has 2 heterocycles. The van der Waals surface area contributed by atoms with Crippen molar-refractivity contribution in [2.75, 3.05) is 26.8 Å². The lowest BCUT2D eigenvalue weighted by molar-refractivity contribution is -0.136. The van der Waals surface area contributed by atoms with Crippen LogP contribution in [0.25, 0.3) is 0 Å². The van der Waals surface area contributed by atoms with E-state index >= 15 is 0 Å². The molecule has 1 saturated heterocycles. The first-order chi connectivity index (χ1) is 9.72. The lowest BCUT2D eigenvalue weighted by Gasteiger charge is -2.31. The fourth-order valence-corrected chi connectivity index (χ4v) is 2.12. The van der Waals surface area contributed by atoms with Gasteiger partial charge in [-0.15, -0.1) is 0 Å². The van der Waals surface area contributed by atoms with Crippen LogP contribution in [0.1, 0.15) is 18.4 Å². The normalized spacial score (nSPS) is 15.7. The number of methoxy groups -OCH3 is 1. The van der Waals surface area contributed by atoms with Crippen LogP contribution in [-0.2, 0) is 9.53 Å². The van der Waals surface area contributed by atoms with Crippen LogP contribution in [0.4, 0.5) is 0 Å². The Hall–Kier alpha value is -2.13. The van der Waals surface area contributed by atoms with Crippen LogP contribution in [0.2, 0.25) is 0 Å². The number of pyridine rings is 1. The van der Waals surface area contributed by atoms with Crippen molar-refractivity contribution in [2.45, 2.75) is 18.9 Å². The zero-order valence-corrected chi connectivity index (χ0v) is 11.4. The Labute approximate surface area is 117 Å². The molecule has 20 heavy (non-hydrogen) atoms. The number of hydrogen-bond donors (Lipinski definition) is 0. The standard InChI is InChI=1S/C14H17N3O3/c1-19-10-14(18)17-6-4-12(5-7-17)20-13-3-2-11(8-15)9-16-13/h2-3,9,12H,4-7,10H2,1H3. The molecule has 106 valence electrons. The van der Waals surface area contributed by atoms with Gasteiger partial charge in [0.1, 0.15) is 18.8 Å². The number of aromatic nitrogens is 1. The Balaban J connectivity index is 1.82. The third kappa shape index (κ3) is 3.68. The summed E-state index contributed by atoms with van der Waals surface area (Å²) in [5.41, 5.74) is 0.511. The van der Waals surface area contributed by atoms with E-state index in [1.807, 2.05) is 6.07 Å². The molecule has 0 atom stereocenters. The third-order valence-corrected chi connectivity index (χ3v) is 3.22. The molecular formula is C14H17N3O3. The highest BCUT2D eigenvalue weighted by molar-refractivity contribution is 5.77. The van der Waals surface area contributed by atoms with Crippen LogP contribution < -0.4 is 4.74 Å². The molecule has 6 heteroatoms. The SMILES string of the molecule is COCC(=O)N1CCC(Oc2ccc(C#N)cn2)CC1. The van der Waals surface area contributed by atoms with Crippen LogP contribution in [-0.4, -0.2) is 48.7 Å². The maximum absolute atomic E-state index is 11.7. The van der Waals surface area contributed by atoms with Crippen LogP contribution in [0.15, 0.2) is 18.3 Å². The van der Waals surface area contributed by atoms with Crippen molar-refractivity contribution in [3.8, 4) is 11.9 Å². The number of carbonyl (C=O) groups excluding carboxylic acids is 1. The zero-order valence-electron chi connectivity index (χ0n) is 11.4. The van der Waals surface area contributed by atoms with Crippen molar-refractivity contribution in [3.05, 3.63) is 23.9 Å². The van der Waals surface area contributed by atoms with Gasteiger partial charge in [0.2, 0.25) is 11.8 Å². The van der Waals surface area contributed by atoms with Gasteiger partial charge in [-0.05, 0) is 6.07 Å². The molecule has 1 amide bonds. The molecule has 1 aromatic rings. The third-order valence-electron chi connectivity index (χ3n) is 3.22. The second-order valence-electron chi connectivity index (χ2n) is 4.63. The van der Waals surface area contributed by atoms with Crippen LogP contribution in [0.5, 0.6) is 5.88 Å². The largest absolute Gasteiger partial charge is 0.474 e. The first-order valence-corrected chi connectivity index (χ1v) is 6.52. The Bertz CT molecular complexity index is 487. The van der Waals surface area contributed by atoms with Crippen molar-refractivity contribution >= 4 is 5.91 Å². The van der Waals surface area contributed by atoms with Gasteiger partial charge >= 0.3 is 0 Å². The predicted molar refractivity (Wildman–Crippen MR) is 71.1 cm³/mol. The van der Waals surface area contributed by atoms with Gasteiger partial charge in [0.05, 0.1) is 5.56 Å². The van der Waals surface area contributed by atoms with E-state index in [1.165, 1.54) is 13.3 Å². The Morgan fingerprint density at radius 2 is 2.25 bits per heavy atom. The Kier molecular flexibility index (Phi) is 4.91. The highest BCUT2D eigenvalue weighted by Crippen LogP contribution is 2.17. The number of likely N-dealkylation sites (tertiary alicyclic amines) is 1. The van der Waals surface area contributed by atoms with E-state index < -0.39 is 0 Å². The van der Waals surface area contributed by atoms with Crippen LogP contribution in [0, 0.1) is 11.3 Å². The molecule has 0 bridgehead atoms. The highest BCUT2D eigenvalue weighted by atomic mass is 16.5. The molecule has 0 aliphatic carbocycles. The molecule has 1 fully saturated rings. The molecule has 0 saturated carbocycles. The van der Waals surface area contributed by atoms with E-state index in [-0.39, 0.29) is 18.6 Å². The van der Waals surface area contributed by atoms with E-state index in [4.69, 9.17) is 14.7 Å². The highest BCUT2D eigenvalue weighted by Gasteiger charge is 2.23. The van der Waals surface area contributed by atoms with E-state index in [2.05, 4.69) is 4.98 Å². The smallest absolute Gasteiger partial charge is 0.248 e. The maximum Gasteiger partial charge on any atom is 0.248 e. The minimum Gasteiger partial charge on any atom is -0.474 e. The summed E-state index contributed by atoms with van der Waals surface area (Å²) in [6, 6.07) is 5.39. The number of hydrogen-bond acceptors (Lipinski definition) is 5. The maximum atomic E-state index is 11.7. The molecule has 1 aliphatic heterocycles. The fraction of sp³-hybridized carbons (Fsp3) is 0.500. The first-order valence-electron chi connectivity index (χ1n) is 6.52. The topological polar surface area (TPSA) is 75.4 Å². The molecule has 0 spiro atoms. The van der Waals surface area contributed by atoms with Crippen molar-refractivity contribution in [1.29, 1.82) is 5.26 Å². The lowest BCUT2D eigenvalue weighted by atomic mass is 10.1. The predicted octanol–water partition coefficient (Wildman–Crippen LogP) is 0.969. The van der Waals surface area contributed by atoms with Crippen molar-refractivity contribution in [1.82, 2.24) is 9.88 Å². The second kappa shape index (κ2) is 6.87. The number of ether oxygens (including phenoxy) is 2. The summed E-state index contributed by atoms with van der Waals surface area (Å²) in [6.45, 7) is 1.47. The Morgan fingerprint density at radius 3 is 2.80 bits per heavy atom. The van der Waals surface area contributed by atoms with Crippen molar-refractivity contribution in [2.24, 2.45) is 0 Å². The van der Waals surface area contributed by atoms with Crippen LogP contribution in [0.3, 0.4) is 0 Å². The van der Waals surface area contributed by atoms with Gasteiger partial charge < -0.3 is 14.4 Å². The summed E-state index contributed by atoms with van der Waals surface area (Å²) in [5, 5.41) is 8.70. The van der Waals surface area contributed by atoms with Gasteiger partial charge in [0.15, 0.2) is 0 Å². The second-order valence-corrected chi connectivity index (χ2v) is 4.63. The first kappa shape index (κ1) is 14.3. The van der Waals surface area contributed by atoms with E-state index in [1.54, 1.807) is 17.0 Å². The van der Waals surface area contributed by atoms with E-state index in [9.17, 15) is 4.79 Å². The summed E-state index contributed by atoms with van der Waals surface area (Å²) in [5.74, 6) is 0.535. The molecule has 0 N–H and O–H groups in total. The molecule has 1 aliphatic rings. The number of nitriles is 1. The van der Waals surface area contributed by atoms with Crippen molar-refractivity contribution < 1.29 is 14.3 Å². The summed E-state index contributed by atoms with van der Waals surface area (Å²) >= 11 is 0. The number of nitrogens with zero attached hydrogens (tertiary/aromatic N) is 3. The van der Waals surface area contributed by atoms with Crippen molar-refractivity contribution in [3.63, 3.8) is 0 Å². The van der Waals surface area contributed by atoms with Gasteiger partial charge in [-0.1, -0.05) is 0 Å². The van der Waals surface area contributed by atoms with E-state index in [0.29, 0.717) is 24.5 Å². The Morgan fingerprint density at radius 1 is 1.50 bits per heavy atom. The average molecular weight is 275 g/mol. The summed E-state index contributed by atoms with van der Waals surface area (Å²) in [6.07, 6.45) is 3.10. The minimum atomic E-state index is 0.0162. The van der Waals surface area contributed by atoms with Gasteiger partial charge in [-0.2, -0.15) is 5.26 Å².